The predicted octanol–water partition coefficient (Wildman–Crippen LogP) is 2.17. The van der Waals surface area contributed by atoms with Crippen LogP contribution in [-0.4, -0.2) is 17.2 Å². The van der Waals surface area contributed by atoms with Crippen LogP contribution in [0.5, 0.6) is 0 Å². The van der Waals surface area contributed by atoms with Crippen molar-refractivity contribution >= 4 is 12.6 Å². The van der Waals surface area contributed by atoms with Crippen molar-refractivity contribution < 1.29 is 18.8 Å². The molecule has 0 bridgehead atoms. The zero-order chi connectivity index (χ0) is 15.1. The predicted molar refractivity (Wildman–Crippen MR) is 78.4 cm³/mol. The van der Waals surface area contributed by atoms with Crippen LogP contribution in [0.25, 0.3) is 11.1 Å². The molecule has 5 heteroatoms. The number of hydrogen-bond acceptors (Lipinski definition) is 2. The molecule has 0 unspecified atom stereocenters. The van der Waals surface area contributed by atoms with Crippen molar-refractivity contribution in [3.8, 4) is 11.1 Å². The Balaban J connectivity index is 2.13. The maximum Gasteiger partial charge on any atom is 0.491 e. The highest BCUT2D eigenvalue weighted by molar-refractivity contribution is 6.58. The molecule has 0 saturated carbocycles. The van der Waals surface area contributed by atoms with Crippen molar-refractivity contribution in [2.45, 2.75) is 26.2 Å². The van der Waals surface area contributed by atoms with Gasteiger partial charge in [0.2, 0.25) is 0 Å². The van der Waals surface area contributed by atoms with Gasteiger partial charge in [-0.05, 0) is 28.7 Å². The Kier molecular flexibility index (Phi) is 3.55. The maximum atomic E-state index is 14.5. The van der Waals surface area contributed by atoms with Crippen LogP contribution in [0.4, 0.5) is 8.78 Å². The average molecular weight is 288 g/mol. The number of benzene rings is 2. The SMILES string of the molecule is CCCc1ccc2c(c1F)Cc1c-2ccc(B(O)O)c1F. The molecule has 0 amide bonds. The molecule has 3 rings (SSSR count). The third-order valence-electron chi connectivity index (χ3n) is 4.04. The molecule has 0 saturated heterocycles. The molecule has 2 nitrogen and oxygen atoms in total. The van der Waals surface area contributed by atoms with Crippen molar-refractivity contribution in [2.24, 2.45) is 0 Å². The van der Waals surface area contributed by atoms with Crippen molar-refractivity contribution in [3.05, 3.63) is 52.6 Å². The highest BCUT2D eigenvalue weighted by Crippen LogP contribution is 2.39. The molecule has 1 aliphatic carbocycles. The number of fused-ring (bicyclic) bond motifs is 3. The highest BCUT2D eigenvalue weighted by Gasteiger charge is 2.29. The van der Waals surface area contributed by atoms with Crippen LogP contribution in [0.15, 0.2) is 24.3 Å². The molecule has 0 fully saturated rings. The van der Waals surface area contributed by atoms with Gasteiger partial charge in [-0.1, -0.05) is 37.6 Å². The smallest absolute Gasteiger partial charge is 0.423 e. The fraction of sp³-hybridized carbons (Fsp3) is 0.250. The standard InChI is InChI=1S/C16H15BF2O2/c1-2-3-9-4-5-10-11-6-7-14(17(20)21)16(19)13(11)8-12(10)15(9)18/h4-7,20-21H,2-3,8H2,1H3. The first kappa shape index (κ1) is 14.2. The van der Waals surface area contributed by atoms with Crippen molar-refractivity contribution in [2.75, 3.05) is 0 Å². The fourth-order valence-electron chi connectivity index (χ4n) is 3.00. The van der Waals surface area contributed by atoms with Gasteiger partial charge in [0.15, 0.2) is 0 Å². The zero-order valence-corrected chi connectivity index (χ0v) is 11.7. The minimum absolute atomic E-state index is 0.153. The third-order valence-corrected chi connectivity index (χ3v) is 4.04. The lowest BCUT2D eigenvalue weighted by atomic mass is 9.78. The molecule has 0 radical (unpaired) electrons. The summed E-state index contributed by atoms with van der Waals surface area (Å²) >= 11 is 0. The summed E-state index contributed by atoms with van der Waals surface area (Å²) in [5.74, 6) is -0.925. The summed E-state index contributed by atoms with van der Waals surface area (Å²) in [6, 6.07) is 6.53. The van der Waals surface area contributed by atoms with Crippen LogP contribution in [0.1, 0.15) is 30.0 Å². The van der Waals surface area contributed by atoms with E-state index in [0.29, 0.717) is 34.2 Å². The molecule has 2 N–H and O–H groups in total. The van der Waals surface area contributed by atoms with Crippen LogP contribution in [0.2, 0.25) is 0 Å². The average Bonchev–Trinajstić information content (AvgIpc) is 2.83. The lowest BCUT2D eigenvalue weighted by molar-refractivity contribution is 0.423. The number of halogens is 2. The summed E-state index contributed by atoms with van der Waals surface area (Å²) in [6.45, 7) is 1.98. The first-order valence-corrected chi connectivity index (χ1v) is 7.02. The quantitative estimate of drug-likeness (QED) is 0.725. The Labute approximate surface area is 122 Å². The van der Waals surface area contributed by atoms with Crippen LogP contribution < -0.4 is 5.46 Å². The summed E-state index contributed by atoms with van der Waals surface area (Å²) in [7, 11) is -1.86. The second-order valence-electron chi connectivity index (χ2n) is 5.36. The molecular formula is C16H15BF2O2. The van der Waals surface area contributed by atoms with E-state index in [2.05, 4.69) is 0 Å². The van der Waals surface area contributed by atoms with E-state index in [1.807, 2.05) is 13.0 Å². The molecule has 1 aliphatic rings. The van der Waals surface area contributed by atoms with E-state index in [4.69, 9.17) is 10.0 Å². The third kappa shape index (κ3) is 2.17. The summed E-state index contributed by atoms with van der Waals surface area (Å²) in [6.07, 6.45) is 1.65. The van der Waals surface area contributed by atoms with E-state index in [0.717, 1.165) is 6.42 Å². The maximum absolute atomic E-state index is 14.5. The molecule has 108 valence electrons. The molecule has 0 aliphatic heterocycles. The van der Waals surface area contributed by atoms with Gasteiger partial charge in [0.25, 0.3) is 0 Å². The Morgan fingerprint density at radius 3 is 2.24 bits per heavy atom. The Morgan fingerprint density at radius 2 is 1.62 bits per heavy atom. The molecular weight excluding hydrogens is 273 g/mol. The largest absolute Gasteiger partial charge is 0.491 e. The van der Waals surface area contributed by atoms with Gasteiger partial charge < -0.3 is 10.0 Å². The van der Waals surface area contributed by atoms with Crippen molar-refractivity contribution in [3.63, 3.8) is 0 Å². The Bertz CT molecular complexity index is 714. The molecule has 0 aromatic heterocycles. The molecule has 0 atom stereocenters. The monoisotopic (exact) mass is 288 g/mol. The van der Waals surface area contributed by atoms with E-state index in [1.165, 1.54) is 6.07 Å². The van der Waals surface area contributed by atoms with Gasteiger partial charge in [-0.2, -0.15) is 0 Å². The van der Waals surface area contributed by atoms with Gasteiger partial charge in [0.1, 0.15) is 11.6 Å². The lowest BCUT2D eigenvalue weighted by Crippen LogP contribution is -2.33. The van der Waals surface area contributed by atoms with Crippen LogP contribution in [0, 0.1) is 11.6 Å². The minimum Gasteiger partial charge on any atom is -0.423 e. The highest BCUT2D eigenvalue weighted by atomic mass is 19.1. The van der Waals surface area contributed by atoms with Crippen LogP contribution in [0.3, 0.4) is 0 Å². The van der Waals surface area contributed by atoms with Gasteiger partial charge in [0.05, 0.1) is 0 Å². The van der Waals surface area contributed by atoms with Gasteiger partial charge in [-0.25, -0.2) is 8.78 Å². The number of aryl methyl sites for hydroxylation is 1. The van der Waals surface area contributed by atoms with Crippen LogP contribution >= 0.6 is 0 Å². The zero-order valence-electron chi connectivity index (χ0n) is 11.7. The Hall–Kier alpha value is -1.72. The van der Waals surface area contributed by atoms with Crippen molar-refractivity contribution in [1.29, 1.82) is 0 Å². The topological polar surface area (TPSA) is 40.5 Å². The van der Waals surface area contributed by atoms with E-state index in [9.17, 15) is 8.78 Å². The van der Waals surface area contributed by atoms with E-state index in [-0.39, 0.29) is 17.7 Å². The number of hydrogen-bond donors (Lipinski definition) is 2. The fourth-order valence-corrected chi connectivity index (χ4v) is 3.00. The molecule has 2 aromatic carbocycles. The van der Waals surface area contributed by atoms with Gasteiger partial charge >= 0.3 is 7.12 Å². The molecule has 21 heavy (non-hydrogen) atoms. The minimum atomic E-state index is -1.86. The van der Waals surface area contributed by atoms with Gasteiger partial charge in [-0.3, -0.25) is 0 Å². The van der Waals surface area contributed by atoms with E-state index >= 15 is 0 Å². The normalized spacial score (nSPS) is 12.2. The summed E-state index contributed by atoms with van der Waals surface area (Å²) in [5, 5.41) is 18.3. The van der Waals surface area contributed by atoms with Crippen molar-refractivity contribution in [1.82, 2.24) is 0 Å². The number of rotatable bonds is 3. The molecule has 2 aromatic rings. The second kappa shape index (κ2) is 5.24. The first-order chi connectivity index (χ1) is 10.0. The summed E-state index contributed by atoms with van der Waals surface area (Å²) < 4.78 is 28.8. The molecule has 0 spiro atoms. The summed E-state index contributed by atoms with van der Waals surface area (Å²) in [4.78, 5) is 0. The Morgan fingerprint density at radius 1 is 1.00 bits per heavy atom. The van der Waals surface area contributed by atoms with Crippen LogP contribution in [-0.2, 0) is 12.8 Å². The van der Waals surface area contributed by atoms with Gasteiger partial charge in [0, 0.05) is 17.4 Å². The first-order valence-electron chi connectivity index (χ1n) is 7.02. The lowest BCUT2D eigenvalue weighted by Gasteiger charge is -2.07. The van der Waals surface area contributed by atoms with E-state index < -0.39 is 12.9 Å². The summed E-state index contributed by atoms with van der Waals surface area (Å²) in [5.41, 5.74) is 2.64. The van der Waals surface area contributed by atoms with E-state index in [1.54, 1.807) is 12.1 Å². The van der Waals surface area contributed by atoms with Gasteiger partial charge in [-0.15, -0.1) is 0 Å². The molecule has 0 heterocycles. The second-order valence-corrected chi connectivity index (χ2v) is 5.36.